The molecule has 2 heterocycles. The molecule has 1 aromatic heterocycles. The van der Waals surface area contributed by atoms with E-state index in [0.29, 0.717) is 6.04 Å². The van der Waals surface area contributed by atoms with E-state index in [9.17, 15) is 0 Å². The molecule has 0 amide bonds. The SMILES string of the molecule is Cc1nc(N2CCCC2CCl)sc1C. The van der Waals surface area contributed by atoms with E-state index >= 15 is 0 Å². The lowest BCUT2D eigenvalue weighted by molar-refractivity contribution is 0.739. The summed E-state index contributed by atoms with van der Waals surface area (Å²) in [6, 6.07) is 0.501. The molecule has 0 bridgehead atoms. The van der Waals surface area contributed by atoms with Crippen molar-refractivity contribution in [3.8, 4) is 0 Å². The minimum Gasteiger partial charge on any atom is -0.344 e. The maximum Gasteiger partial charge on any atom is 0.186 e. The molecule has 0 aromatic carbocycles. The van der Waals surface area contributed by atoms with Gasteiger partial charge in [0.1, 0.15) is 0 Å². The van der Waals surface area contributed by atoms with Crippen LogP contribution in [-0.2, 0) is 0 Å². The second-order valence-electron chi connectivity index (χ2n) is 3.78. The van der Waals surface area contributed by atoms with Crippen LogP contribution in [0.1, 0.15) is 23.4 Å². The van der Waals surface area contributed by atoms with Gasteiger partial charge in [0.15, 0.2) is 5.13 Å². The topological polar surface area (TPSA) is 16.1 Å². The molecule has 0 saturated carbocycles. The quantitative estimate of drug-likeness (QED) is 0.727. The number of alkyl halides is 1. The monoisotopic (exact) mass is 230 g/mol. The molecule has 1 aromatic rings. The first kappa shape index (κ1) is 10.2. The molecule has 1 aliphatic heterocycles. The van der Waals surface area contributed by atoms with Crippen LogP contribution in [0, 0.1) is 13.8 Å². The van der Waals surface area contributed by atoms with Crippen LogP contribution in [0.15, 0.2) is 0 Å². The number of halogens is 1. The summed E-state index contributed by atoms with van der Waals surface area (Å²) in [5, 5.41) is 1.16. The smallest absolute Gasteiger partial charge is 0.186 e. The zero-order valence-electron chi connectivity index (χ0n) is 8.59. The minimum absolute atomic E-state index is 0.501. The van der Waals surface area contributed by atoms with Crippen LogP contribution in [0.4, 0.5) is 5.13 Å². The van der Waals surface area contributed by atoms with Crippen LogP contribution >= 0.6 is 22.9 Å². The Morgan fingerprint density at radius 2 is 2.36 bits per heavy atom. The van der Waals surface area contributed by atoms with Crippen LogP contribution in [0.2, 0.25) is 0 Å². The predicted octanol–water partition coefficient (Wildman–Crippen LogP) is 2.97. The molecule has 4 heteroatoms. The molecule has 2 rings (SSSR count). The maximum absolute atomic E-state index is 5.93. The molecule has 1 atom stereocenters. The van der Waals surface area contributed by atoms with Gasteiger partial charge in [-0.25, -0.2) is 4.98 Å². The van der Waals surface area contributed by atoms with E-state index in [2.05, 4.69) is 23.7 Å². The third-order valence-electron chi connectivity index (χ3n) is 2.82. The van der Waals surface area contributed by atoms with Crippen molar-refractivity contribution >= 4 is 28.1 Å². The molecule has 1 fully saturated rings. The zero-order chi connectivity index (χ0) is 10.1. The van der Waals surface area contributed by atoms with Gasteiger partial charge in [0, 0.05) is 23.3 Å². The molecular weight excluding hydrogens is 216 g/mol. The zero-order valence-corrected chi connectivity index (χ0v) is 10.2. The number of anilines is 1. The van der Waals surface area contributed by atoms with Gasteiger partial charge >= 0.3 is 0 Å². The Labute approximate surface area is 93.9 Å². The van der Waals surface area contributed by atoms with Gasteiger partial charge in [0.05, 0.1) is 5.69 Å². The Bertz CT molecular complexity index is 304. The van der Waals surface area contributed by atoms with Crippen molar-refractivity contribution in [3.05, 3.63) is 10.6 Å². The van der Waals surface area contributed by atoms with E-state index in [4.69, 9.17) is 11.6 Å². The average Bonchev–Trinajstić information content (AvgIpc) is 2.73. The van der Waals surface area contributed by atoms with E-state index in [1.54, 1.807) is 11.3 Å². The normalized spacial score (nSPS) is 21.9. The summed E-state index contributed by atoms with van der Waals surface area (Å²) in [5.74, 6) is 0.720. The first-order valence-electron chi connectivity index (χ1n) is 4.99. The van der Waals surface area contributed by atoms with Crippen molar-refractivity contribution < 1.29 is 0 Å². The van der Waals surface area contributed by atoms with Crippen LogP contribution in [0.3, 0.4) is 0 Å². The summed E-state index contributed by atoms with van der Waals surface area (Å²) in [5.41, 5.74) is 1.16. The van der Waals surface area contributed by atoms with Gasteiger partial charge < -0.3 is 4.90 Å². The molecular formula is C10H15ClN2S. The highest BCUT2D eigenvalue weighted by molar-refractivity contribution is 7.15. The molecule has 78 valence electrons. The second-order valence-corrected chi connectivity index (χ2v) is 5.27. The molecule has 14 heavy (non-hydrogen) atoms. The van der Waals surface area contributed by atoms with E-state index < -0.39 is 0 Å². The Morgan fingerprint density at radius 1 is 1.57 bits per heavy atom. The standard InChI is InChI=1S/C10H15ClN2S/c1-7-8(2)14-10(12-7)13-5-3-4-9(13)6-11/h9H,3-6H2,1-2H3. The van der Waals surface area contributed by atoms with Gasteiger partial charge in [-0.15, -0.1) is 22.9 Å². The minimum atomic E-state index is 0.501. The molecule has 0 N–H and O–H groups in total. The summed E-state index contributed by atoms with van der Waals surface area (Å²) >= 11 is 7.72. The van der Waals surface area contributed by atoms with Crippen molar-refractivity contribution in [2.24, 2.45) is 0 Å². The number of hydrogen-bond donors (Lipinski definition) is 0. The molecule has 1 saturated heterocycles. The molecule has 0 aliphatic carbocycles. The molecule has 2 nitrogen and oxygen atoms in total. The number of aryl methyl sites for hydroxylation is 2. The van der Waals surface area contributed by atoms with Crippen molar-refractivity contribution in [1.82, 2.24) is 4.98 Å². The van der Waals surface area contributed by atoms with E-state index in [1.165, 1.54) is 17.7 Å². The number of aromatic nitrogens is 1. The average molecular weight is 231 g/mol. The van der Waals surface area contributed by atoms with Gasteiger partial charge in [-0.3, -0.25) is 0 Å². The van der Waals surface area contributed by atoms with Crippen molar-refractivity contribution in [2.75, 3.05) is 17.3 Å². The van der Waals surface area contributed by atoms with E-state index in [0.717, 1.165) is 23.3 Å². The summed E-state index contributed by atoms with van der Waals surface area (Å²) in [4.78, 5) is 8.25. The molecule has 0 spiro atoms. The Hall–Kier alpha value is -0.280. The largest absolute Gasteiger partial charge is 0.344 e. The fraction of sp³-hybridized carbons (Fsp3) is 0.700. The lowest BCUT2D eigenvalue weighted by atomic mass is 10.2. The number of hydrogen-bond acceptors (Lipinski definition) is 3. The Morgan fingerprint density at radius 3 is 2.93 bits per heavy atom. The van der Waals surface area contributed by atoms with E-state index in [1.807, 2.05) is 0 Å². The van der Waals surface area contributed by atoms with Crippen molar-refractivity contribution in [2.45, 2.75) is 32.7 Å². The van der Waals surface area contributed by atoms with Gasteiger partial charge in [-0.05, 0) is 26.7 Å². The third-order valence-corrected chi connectivity index (χ3v) is 4.28. The highest BCUT2D eigenvalue weighted by Crippen LogP contribution is 2.31. The van der Waals surface area contributed by atoms with Crippen LogP contribution in [-0.4, -0.2) is 23.5 Å². The second kappa shape index (κ2) is 4.07. The number of thiazole rings is 1. The maximum atomic E-state index is 5.93. The Balaban J connectivity index is 2.21. The molecule has 0 radical (unpaired) electrons. The van der Waals surface area contributed by atoms with Crippen molar-refractivity contribution in [1.29, 1.82) is 0 Å². The van der Waals surface area contributed by atoms with Gasteiger partial charge in [-0.1, -0.05) is 0 Å². The third kappa shape index (κ3) is 1.75. The highest BCUT2D eigenvalue weighted by atomic mass is 35.5. The van der Waals surface area contributed by atoms with Crippen LogP contribution in [0.5, 0.6) is 0 Å². The van der Waals surface area contributed by atoms with Crippen LogP contribution < -0.4 is 4.90 Å². The fourth-order valence-electron chi connectivity index (χ4n) is 1.83. The lowest BCUT2D eigenvalue weighted by Gasteiger charge is -2.21. The highest BCUT2D eigenvalue weighted by Gasteiger charge is 2.26. The van der Waals surface area contributed by atoms with Crippen molar-refractivity contribution in [3.63, 3.8) is 0 Å². The fourth-order valence-corrected chi connectivity index (χ4v) is 3.15. The predicted molar refractivity (Wildman–Crippen MR) is 62.7 cm³/mol. The number of rotatable bonds is 2. The first-order chi connectivity index (χ1) is 6.72. The lowest BCUT2D eigenvalue weighted by Crippen LogP contribution is -2.30. The van der Waals surface area contributed by atoms with Gasteiger partial charge in [0.25, 0.3) is 0 Å². The Kier molecular flexibility index (Phi) is 2.98. The summed E-state index contributed by atoms with van der Waals surface area (Å²) < 4.78 is 0. The molecule has 1 unspecified atom stereocenters. The van der Waals surface area contributed by atoms with Gasteiger partial charge in [0.2, 0.25) is 0 Å². The summed E-state index contributed by atoms with van der Waals surface area (Å²) in [6.07, 6.45) is 2.45. The number of nitrogens with zero attached hydrogens (tertiary/aromatic N) is 2. The first-order valence-corrected chi connectivity index (χ1v) is 6.34. The summed E-state index contributed by atoms with van der Waals surface area (Å²) in [7, 11) is 0. The van der Waals surface area contributed by atoms with Crippen LogP contribution in [0.25, 0.3) is 0 Å². The molecule has 1 aliphatic rings. The summed E-state index contributed by atoms with van der Waals surface area (Å²) in [6.45, 7) is 5.31. The van der Waals surface area contributed by atoms with E-state index in [-0.39, 0.29) is 0 Å². The van der Waals surface area contributed by atoms with Gasteiger partial charge in [-0.2, -0.15) is 0 Å².